The first-order chi connectivity index (χ1) is 10.9. The Labute approximate surface area is 133 Å². The first kappa shape index (κ1) is 15.2. The molecule has 1 aliphatic rings. The summed E-state index contributed by atoms with van der Waals surface area (Å²) in [5.41, 5.74) is 2.30. The summed E-state index contributed by atoms with van der Waals surface area (Å²) in [5, 5.41) is 5.61. The third-order valence-corrected chi connectivity index (χ3v) is 4.11. The quantitative estimate of drug-likeness (QED) is 0.915. The lowest BCUT2D eigenvalue weighted by atomic mass is 9.85. The highest BCUT2D eigenvalue weighted by molar-refractivity contribution is 6.05. The van der Waals surface area contributed by atoms with Crippen molar-refractivity contribution in [2.75, 3.05) is 5.32 Å². The molecule has 2 amide bonds. The van der Waals surface area contributed by atoms with Gasteiger partial charge in [0.25, 0.3) is 5.91 Å². The average molecular weight is 312 g/mol. The lowest BCUT2D eigenvalue weighted by Crippen LogP contribution is -2.27. The Morgan fingerprint density at radius 3 is 2.74 bits per heavy atom. The minimum Gasteiger partial charge on any atom is -0.348 e. The highest BCUT2D eigenvalue weighted by Crippen LogP contribution is 2.37. The molecule has 5 heteroatoms. The van der Waals surface area contributed by atoms with Crippen molar-refractivity contribution in [3.05, 3.63) is 65.0 Å². The van der Waals surface area contributed by atoms with E-state index in [1.54, 1.807) is 6.07 Å². The van der Waals surface area contributed by atoms with E-state index in [4.69, 9.17) is 0 Å². The molecular formula is C18H17FN2O2. The fraction of sp³-hybridized carbons (Fsp3) is 0.222. The van der Waals surface area contributed by atoms with Gasteiger partial charge >= 0.3 is 0 Å². The van der Waals surface area contributed by atoms with Gasteiger partial charge in [-0.15, -0.1) is 0 Å². The number of benzene rings is 2. The molecule has 0 unspecified atom stereocenters. The number of rotatable bonds is 3. The van der Waals surface area contributed by atoms with Crippen LogP contribution in [0.5, 0.6) is 0 Å². The number of hydrogen-bond donors (Lipinski definition) is 2. The van der Waals surface area contributed by atoms with Crippen LogP contribution < -0.4 is 10.6 Å². The van der Waals surface area contributed by atoms with Gasteiger partial charge in [-0.1, -0.05) is 18.2 Å². The molecule has 0 aliphatic carbocycles. The van der Waals surface area contributed by atoms with E-state index < -0.39 is 11.2 Å². The lowest BCUT2D eigenvalue weighted by Gasteiger charge is -2.16. The second-order valence-electron chi connectivity index (χ2n) is 6.15. The van der Waals surface area contributed by atoms with Crippen LogP contribution in [0.25, 0.3) is 0 Å². The molecule has 3 rings (SSSR count). The Bertz CT molecular complexity index is 799. The van der Waals surface area contributed by atoms with Gasteiger partial charge in [0.2, 0.25) is 5.91 Å². The second-order valence-corrected chi connectivity index (χ2v) is 6.15. The Hall–Kier alpha value is -2.69. The molecule has 0 radical (unpaired) electrons. The topological polar surface area (TPSA) is 58.2 Å². The van der Waals surface area contributed by atoms with E-state index in [9.17, 15) is 14.0 Å². The Kier molecular flexibility index (Phi) is 3.64. The van der Waals surface area contributed by atoms with Crippen molar-refractivity contribution < 1.29 is 14.0 Å². The molecule has 4 nitrogen and oxygen atoms in total. The fourth-order valence-electron chi connectivity index (χ4n) is 2.64. The molecule has 118 valence electrons. The van der Waals surface area contributed by atoms with E-state index in [0.29, 0.717) is 6.54 Å². The SMILES string of the molecule is CC1(C)C(=O)Nc2ccc(CNC(=O)c3cccc(F)c3)cc21. The van der Waals surface area contributed by atoms with Gasteiger partial charge in [0.15, 0.2) is 0 Å². The number of amides is 2. The van der Waals surface area contributed by atoms with Crippen molar-refractivity contribution >= 4 is 17.5 Å². The zero-order valence-corrected chi connectivity index (χ0v) is 12.9. The van der Waals surface area contributed by atoms with E-state index in [0.717, 1.165) is 16.8 Å². The maximum absolute atomic E-state index is 13.1. The Morgan fingerprint density at radius 1 is 1.22 bits per heavy atom. The van der Waals surface area contributed by atoms with Crippen molar-refractivity contribution in [3.63, 3.8) is 0 Å². The van der Waals surface area contributed by atoms with Crippen molar-refractivity contribution in [3.8, 4) is 0 Å². The normalized spacial score (nSPS) is 15.0. The van der Waals surface area contributed by atoms with Crippen molar-refractivity contribution in [1.82, 2.24) is 5.32 Å². The number of hydrogen-bond acceptors (Lipinski definition) is 2. The fourth-order valence-corrected chi connectivity index (χ4v) is 2.64. The van der Waals surface area contributed by atoms with Gasteiger partial charge in [0.1, 0.15) is 5.82 Å². The third kappa shape index (κ3) is 2.82. The van der Waals surface area contributed by atoms with Crippen LogP contribution in [-0.4, -0.2) is 11.8 Å². The van der Waals surface area contributed by atoms with Crippen LogP contribution >= 0.6 is 0 Å². The van der Waals surface area contributed by atoms with Gasteiger partial charge in [-0.25, -0.2) is 4.39 Å². The highest BCUT2D eigenvalue weighted by atomic mass is 19.1. The van der Waals surface area contributed by atoms with Gasteiger partial charge in [0.05, 0.1) is 5.41 Å². The molecule has 0 atom stereocenters. The molecule has 0 fully saturated rings. The summed E-state index contributed by atoms with van der Waals surface area (Å²) in [6, 6.07) is 11.2. The predicted octanol–water partition coefficient (Wildman–Crippen LogP) is 2.99. The van der Waals surface area contributed by atoms with Crippen LogP contribution in [0.1, 0.15) is 35.3 Å². The molecule has 0 saturated heterocycles. The number of carbonyl (C=O) groups excluding carboxylic acids is 2. The smallest absolute Gasteiger partial charge is 0.251 e. The van der Waals surface area contributed by atoms with E-state index in [-0.39, 0.29) is 17.4 Å². The first-order valence-corrected chi connectivity index (χ1v) is 7.36. The van der Waals surface area contributed by atoms with E-state index in [2.05, 4.69) is 10.6 Å². The Balaban J connectivity index is 1.74. The van der Waals surface area contributed by atoms with Crippen LogP contribution in [0.15, 0.2) is 42.5 Å². The van der Waals surface area contributed by atoms with Crippen LogP contribution in [0.2, 0.25) is 0 Å². The van der Waals surface area contributed by atoms with Crippen LogP contribution in [0.4, 0.5) is 10.1 Å². The largest absolute Gasteiger partial charge is 0.348 e. The summed E-state index contributed by atoms with van der Waals surface area (Å²) in [6.45, 7) is 4.04. The molecule has 0 spiro atoms. The van der Waals surface area contributed by atoms with Crippen molar-refractivity contribution in [1.29, 1.82) is 0 Å². The van der Waals surface area contributed by atoms with Crippen molar-refractivity contribution in [2.45, 2.75) is 25.8 Å². The first-order valence-electron chi connectivity index (χ1n) is 7.36. The third-order valence-electron chi connectivity index (χ3n) is 4.11. The summed E-state index contributed by atoms with van der Waals surface area (Å²) >= 11 is 0. The molecule has 1 aliphatic heterocycles. The molecule has 2 aromatic rings. The van der Waals surface area contributed by atoms with Gasteiger partial charge in [0, 0.05) is 17.8 Å². The predicted molar refractivity (Wildman–Crippen MR) is 85.7 cm³/mol. The van der Waals surface area contributed by atoms with Gasteiger partial charge in [-0.05, 0) is 49.2 Å². The van der Waals surface area contributed by atoms with E-state index in [1.807, 2.05) is 32.0 Å². The molecule has 0 bridgehead atoms. The lowest BCUT2D eigenvalue weighted by molar-refractivity contribution is -0.119. The molecule has 1 heterocycles. The highest BCUT2D eigenvalue weighted by Gasteiger charge is 2.38. The maximum atomic E-state index is 13.1. The Morgan fingerprint density at radius 2 is 2.00 bits per heavy atom. The summed E-state index contributed by atoms with van der Waals surface area (Å²) in [7, 11) is 0. The second kappa shape index (κ2) is 5.50. The summed E-state index contributed by atoms with van der Waals surface area (Å²) in [5.74, 6) is -0.812. The molecular weight excluding hydrogens is 295 g/mol. The average Bonchev–Trinajstić information content (AvgIpc) is 2.75. The molecule has 2 N–H and O–H groups in total. The van der Waals surface area contributed by atoms with Gasteiger partial charge < -0.3 is 10.6 Å². The maximum Gasteiger partial charge on any atom is 0.251 e. The van der Waals surface area contributed by atoms with Crippen LogP contribution in [0, 0.1) is 5.82 Å². The minimum absolute atomic E-state index is 0.0338. The van der Waals surface area contributed by atoms with Gasteiger partial charge in [-0.2, -0.15) is 0 Å². The zero-order chi connectivity index (χ0) is 16.6. The number of carbonyl (C=O) groups is 2. The molecule has 0 aromatic heterocycles. The molecule has 2 aromatic carbocycles. The number of fused-ring (bicyclic) bond motifs is 1. The molecule has 23 heavy (non-hydrogen) atoms. The minimum atomic E-state index is -0.585. The van der Waals surface area contributed by atoms with E-state index in [1.165, 1.54) is 18.2 Å². The zero-order valence-electron chi connectivity index (χ0n) is 12.9. The van der Waals surface area contributed by atoms with Crippen molar-refractivity contribution in [2.24, 2.45) is 0 Å². The standard InChI is InChI=1S/C18H17FN2O2/c1-18(2)14-8-11(6-7-15(14)21-17(18)23)10-20-16(22)12-4-3-5-13(19)9-12/h3-9H,10H2,1-2H3,(H,20,22)(H,21,23). The van der Waals surface area contributed by atoms with Gasteiger partial charge in [-0.3, -0.25) is 9.59 Å². The van der Waals surface area contributed by atoms with E-state index >= 15 is 0 Å². The van der Waals surface area contributed by atoms with Crippen LogP contribution in [-0.2, 0) is 16.8 Å². The number of anilines is 1. The monoisotopic (exact) mass is 312 g/mol. The number of nitrogens with one attached hydrogen (secondary N) is 2. The summed E-state index contributed by atoms with van der Waals surface area (Å²) in [4.78, 5) is 24.0. The summed E-state index contributed by atoms with van der Waals surface area (Å²) < 4.78 is 13.1. The summed E-state index contributed by atoms with van der Waals surface area (Å²) in [6.07, 6.45) is 0. The number of halogens is 1. The molecule has 0 saturated carbocycles. The van der Waals surface area contributed by atoms with Crippen LogP contribution in [0.3, 0.4) is 0 Å².